The number of hydrogen-bond acceptors (Lipinski definition) is 4. The summed E-state index contributed by atoms with van der Waals surface area (Å²) in [5.41, 5.74) is 1.96. The van der Waals surface area contributed by atoms with Gasteiger partial charge in [0.1, 0.15) is 6.54 Å². The van der Waals surface area contributed by atoms with Crippen LogP contribution in [-0.2, 0) is 17.9 Å². The minimum atomic E-state index is -0.0619. The first-order chi connectivity index (χ1) is 10.3. The summed E-state index contributed by atoms with van der Waals surface area (Å²) in [4.78, 5) is 17.3. The molecule has 0 spiro atoms. The maximum atomic E-state index is 11.8. The fourth-order valence-electron chi connectivity index (χ4n) is 1.94. The van der Waals surface area contributed by atoms with E-state index in [1.807, 2.05) is 29.6 Å². The lowest BCUT2D eigenvalue weighted by Crippen LogP contribution is -2.27. The van der Waals surface area contributed by atoms with Crippen LogP contribution in [0.2, 0.25) is 0 Å². The summed E-state index contributed by atoms with van der Waals surface area (Å²) in [7, 11) is 0. The van der Waals surface area contributed by atoms with Gasteiger partial charge < -0.3 is 5.32 Å². The van der Waals surface area contributed by atoms with Gasteiger partial charge in [-0.15, -0.1) is 11.3 Å². The number of pyridine rings is 1. The number of nitrogens with zero attached hydrogens (tertiary/aromatic N) is 3. The van der Waals surface area contributed by atoms with Gasteiger partial charge in [0.15, 0.2) is 0 Å². The predicted octanol–water partition coefficient (Wildman–Crippen LogP) is 2.32. The molecule has 0 fully saturated rings. The summed E-state index contributed by atoms with van der Waals surface area (Å²) in [5.74, 6) is -0.0619. The van der Waals surface area contributed by atoms with Crippen molar-refractivity contribution in [3.63, 3.8) is 0 Å². The van der Waals surface area contributed by atoms with Crippen molar-refractivity contribution >= 4 is 17.2 Å². The average Bonchev–Trinajstić information content (AvgIpc) is 3.19. The molecule has 0 aliphatic carbocycles. The summed E-state index contributed by atoms with van der Waals surface area (Å²) in [6.07, 6.45) is 5.19. The van der Waals surface area contributed by atoms with Crippen LogP contribution in [0.5, 0.6) is 0 Å². The second-order valence-corrected chi connectivity index (χ2v) is 5.45. The van der Waals surface area contributed by atoms with Crippen molar-refractivity contribution in [1.29, 1.82) is 0 Å². The Labute approximate surface area is 126 Å². The van der Waals surface area contributed by atoms with Crippen LogP contribution in [0.4, 0.5) is 0 Å². The highest BCUT2D eigenvalue weighted by atomic mass is 32.1. The normalized spacial score (nSPS) is 10.5. The van der Waals surface area contributed by atoms with Gasteiger partial charge in [-0.05, 0) is 35.2 Å². The minimum absolute atomic E-state index is 0.0619. The van der Waals surface area contributed by atoms with E-state index in [9.17, 15) is 4.79 Å². The van der Waals surface area contributed by atoms with Gasteiger partial charge in [0, 0.05) is 25.1 Å². The van der Waals surface area contributed by atoms with Crippen LogP contribution in [0.3, 0.4) is 0 Å². The van der Waals surface area contributed by atoms with Crippen LogP contribution in [0, 0.1) is 0 Å². The molecule has 3 aromatic heterocycles. The van der Waals surface area contributed by atoms with Crippen LogP contribution in [-0.4, -0.2) is 20.7 Å². The van der Waals surface area contributed by atoms with Crippen LogP contribution in [0.25, 0.3) is 10.6 Å². The van der Waals surface area contributed by atoms with E-state index in [1.165, 1.54) is 0 Å². The zero-order chi connectivity index (χ0) is 14.5. The third-order valence-electron chi connectivity index (χ3n) is 2.95. The van der Waals surface area contributed by atoms with Crippen LogP contribution in [0.1, 0.15) is 5.56 Å². The fourth-order valence-corrected chi connectivity index (χ4v) is 2.63. The lowest BCUT2D eigenvalue weighted by molar-refractivity contribution is -0.122. The lowest BCUT2D eigenvalue weighted by atomic mass is 10.2. The molecule has 3 aromatic rings. The fraction of sp³-hybridized carbons (Fsp3) is 0.133. The van der Waals surface area contributed by atoms with Crippen LogP contribution >= 0.6 is 11.3 Å². The Morgan fingerprint density at radius 2 is 2.24 bits per heavy atom. The summed E-state index contributed by atoms with van der Waals surface area (Å²) in [5, 5.41) is 8.92. The minimum Gasteiger partial charge on any atom is -0.350 e. The maximum absolute atomic E-state index is 11.8. The third-order valence-corrected chi connectivity index (χ3v) is 3.84. The summed E-state index contributed by atoms with van der Waals surface area (Å²) in [6.45, 7) is 0.719. The molecular weight excluding hydrogens is 284 g/mol. The Hall–Kier alpha value is -2.47. The molecular formula is C15H14N4OS. The first-order valence-electron chi connectivity index (χ1n) is 6.54. The number of carbonyl (C=O) groups excluding carboxylic acids is 1. The predicted molar refractivity (Wildman–Crippen MR) is 81.6 cm³/mol. The van der Waals surface area contributed by atoms with E-state index < -0.39 is 0 Å². The van der Waals surface area contributed by atoms with Gasteiger partial charge in [-0.2, -0.15) is 5.10 Å². The summed E-state index contributed by atoms with van der Waals surface area (Å²) < 4.78 is 1.60. The van der Waals surface area contributed by atoms with Crippen molar-refractivity contribution in [2.45, 2.75) is 13.1 Å². The summed E-state index contributed by atoms with van der Waals surface area (Å²) in [6, 6.07) is 9.74. The van der Waals surface area contributed by atoms with Crippen molar-refractivity contribution in [1.82, 2.24) is 20.1 Å². The Balaban J connectivity index is 1.60. The number of nitrogens with one attached hydrogen (secondary N) is 1. The number of rotatable bonds is 5. The maximum Gasteiger partial charge on any atom is 0.241 e. The number of amides is 1. The molecule has 0 aromatic carbocycles. The molecule has 5 nitrogen and oxygen atoms in total. The zero-order valence-corrected chi connectivity index (χ0v) is 12.1. The number of thiophene rings is 1. The Morgan fingerprint density at radius 1 is 1.29 bits per heavy atom. The van der Waals surface area contributed by atoms with Crippen LogP contribution < -0.4 is 5.32 Å². The molecule has 6 heteroatoms. The molecule has 0 unspecified atom stereocenters. The molecule has 0 saturated heterocycles. The first-order valence-corrected chi connectivity index (χ1v) is 7.42. The molecule has 106 valence electrons. The quantitative estimate of drug-likeness (QED) is 0.786. The summed E-state index contributed by atoms with van der Waals surface area (Å²) >= 11 is 1.65. The standard InChI is InChI=1S/C15H14N4OS/c20-15(11-19-7-2-5-18-19)17-10-12-4-6-16-13(9-12)14-3-1-8-21-14/h1-9H,10-11H2,(H,17,20). The Bertz CT molecular complexity index is 707. The van der Waals surface area contributed by atoms with Gasteiger partial charge in [0.25, 0.3) is 0 Å². The molecule has 0 aliphatic rings. The van der Waals surface area contributed by atoms with Crippen molar-refractivity contribution in [2.24, 2.45) is 0 Å². The van der Waals surface area contributed by atoms with E-state index in [0.717, 1.165) is 16.1 Å². The monoisotopic (exact) mass is 298 g/mol. The number of aromatic nitrogens is 3. The van der Waals surface area contributed by atoms with Gasteiger partial charge >= 0.3 is 0 Å². The van der Waals surface area contributed by atoms with E-state index in [0.29, 0.717) is 6.54 Å². The van der Waals surface area contributed by atoms with E-state index in [2.05, 4.69) is 15.4 Å². The Kier molecular flexibility index (Phi) is 4.07. The largest absolute Gasteiger partial charge is 0.350 e. The first kappa shape index (κ1) is 13.5. The van der Waals surface area contributed by atoms with Crippen molar-refractivity contribution < 1.29 is 4.79 Å². The van der Waals surface area contributed by atoms with E-state index in [1.54, 1.807) is 40.7 Å². The number of hydrogen-bond donors (Lipinski definition) is 1. The van der Waals surface area contributed by atoms with E-state index in [4.69, 9.17) is 0 Å². The van der Waals surface area contributed by atoms with E-state index in [-0.39, 0.29) is 12.5 Å². The SMILES string of the molecule is O=C(Cn1cccn1)NCc1ccnc(-c2cccs2)c1. The van der Waals surface area contributed by atoms with Gasteiger partial charge in [-0.25, -0.2) is 0 Å². The third kappa shape index (κ3) is 3.55. The van der Waals surface area contributed by atoms with Gasteiger partial charge in [0.05, 0.1) is 10.6 Å². The molecule has 0 atom stereocenters. The van der Waals surface area contributed by atoms with Gasteiger partial charge in [-0.3, -0.25) is 14.5 Å². The smallest absolute Gasteiger partial charge is 0.241 e. The van der Waals surface area contributed by atoms with Crippen molar-refractivity contribution in [2.75, 3.05) is 0 Å². The average molecular weight is 298 g/mol. The second kappa shape index (κ2) is 6.32. The molecule has 21 heavy (non-hydrogen) atoms. The van der Waals surface area contributed by atoms with Crippen LogP contribution in [0.15, 0.2) is 54.3 Å². The molecule has 1 N–H and O–H groups in total. The second-order valence-electron chi connectivity index (χ2n) is 4.51. The Morgan fingerprint density at radius 3 is 3.00 bits per heavy atom. The van der Waals surface area contributed by atoms with Gasteiger partial charge in [0.2, 0.25) is 5.91 Å². The molecule has 0 radical (unpaired) electrons. The molecule has 0 bridgehead atoms. The topological polar surface area (TPSA) is 59.8 Å². The molecule has 1 amide bonds. The molecule has 3 rings (SSSR count). The highest BCUT2D eigenvalue weighted by Gasteiger charge is 2.05. The van der Waals surface area contributed by atoms with Gasteiger partial charge in [-0.1, -0.05) is 6.07 Å². The molecule has 0 aliphatic heterocycles. The lowest BCUT2D eigenvalue weighted by Gasteiger charge is -2.06. The van der Waals surface area contributed by atoms with Crippen molar-refractivity contribution in [3.05, 3.63) is 59.9 Å². The van der Waals surface area contributed by atoms with Crippen molar-refractivity contribution in [3.8, 4) is 10.6 Å². The molecule has 3 heterocycles. The number of carbonyl (C=O) groups is 1. The highest BCUT2D eigenvalue weighted by molar-refractivity contribution is 7.13. The van der Waals surface area contributed by atoms with E-state index >= 15 is 0 Å². The molecule has 0 saturated carbocycles. The zero-order valence-electron chi connectivity index (χ0n) is 11.3. The highest BCUT2D eigenvalue weighted by Crippen LogP contribution is 2.22.